The fourth-order valence-electron chi connectivity index (χ4n) is 2.10. The summed E-state index contributed by atoms with van der Waals surface area (Å²) < 4.78 is 5.20. The van der Waals surface area contributed by atoms with Gasteiger partial charge < -0.3 is 9.84 Å². The molecule has 0 amide bonds. The number of hydrogen-bond donors (Lipinski definition) is 1. The summed E-state index contributed by atoms with van der Waals surface area (Å²) in [5, 5.41) is 10.9. The lowest BCUT2D eigenvalue weighted by Gasteiger charge is -2.07. The first-order valence-corrected chi connectivity index (χ1v) is 6.07. The SMILES string of the molecule is O=C(O)c1ccc2cccc(C3=COC=CC=N3)c2c1. The Morgan fingerprint density at radius 3 is 2.95 bits per heavy atom. The van der Waals surface area contributed by atoms with Gasteiger partial charge in [0.05, 0.1) is 11.8 Å². The van der Waals surface area contributed by atoms with E-state index in [1.807, 2.05) is 18.2 Å². The van der Waals surface area contributed by atoms with E-state index in [1.54, 1.807) is 36.8 Å². The zero-order valence-corrected chi connectivity index (χ0v) is 10.5. The van der Waals surface area contributed by atoms with Gasteiger partial charge in [-0.25, -0.2) is 4.79 Å². The summed E-state index contributed by atoms with van der Waals surface area (Å²) in [4.78, 5) is 15.4. The van der Waals surface area contributed by atoms with Gasteiger partial charge in [-0.3, -0.25) is 4.99 Å². The number of allylic oxidation sites excluding steroid dienone is 1. The summed E-state index contributed by atoms with van der Waals surface area (Å²) >= 11 is 0. The topological polar surface area (TPSA) is 58.9 Å². The third-order valence-corrected chi connectivity index (χ3v) is 3.04. The second-order valence-electron chi connectivity index (χ2n) is 4.29. The monoisotopic (exact) mass is 265 g/mol. The van der Waals surface area contributed by atoms with Crippen LogP contribution in [0.4, 0.5) is 0 Å². The van der Waals surface area contributed by atoms with Crippen molar-refractivity contribution in [3.8, 4) is 0 Å². The van der Waals surface area contributed by atoms with Crippen molar-refractivity contribution < 1.29 is 14.6 Å². The molecule has 2 aromatic rings. The van der Waals surface area contributed by atoms with Crippen molar-refractivity contribution in [2.24, 2.45) is 4.99 Å². The molecule has 0 unspecified atom stereocenters. The predicted molar refractivity (Wildman–Crippen MR) is 77.6 cm³/mol. The predicted octanol–water partition coefficient (Wildman–Crippen LogP) is 3.45. The van der Waals surface area contributed by atoms with Crippen molar-refractivity contribution in [1.82, 2.24) is 0 Å². The van der Waals surface area contributed by atoms with Crippen LogP contribution < -0.4 is 0 Å². The number of carboxylic acids is 1. The molecule has 2 aromatic carbocycles. The van der Waals surface area contributed by atoms with E-state index in [4.69, 9.17) is 9.84 Å². The van der Waals surface area contributed by atoms with Crippen LogP contribution in [-0.2, 0) is 4.74 Å². The summed E-state index contributed by atoms with van der Waals surface area (Å²) in [6, 6.07) is 10.8. The molecular weight excluding hydrogens is 254 g/mol. The van der Waals surface area contributed by atoms with Crippen LogP contribution in [0.2, 0.25) is 0 Å². The smallest absolute Gasteiger partial charge is 0.335 e. The molecule has 0 fully saturated rings. The van der Waals surface area contributed by atoms with Crippen LogP contribution in [0, 0.1) is 0 Å². The number of ether oxygens (including phenoxy) is 1. The van der Waals surface area contributed by atoms with E-state index in [0.717, 1.165) is 16.3 Å². The number of benzene rings is 2. The Kier molecular flexibility index (Phi) is 3.05. The van der Waals surface area contributed by atoms with Gasteiger partial charge in [-0.2, -0.15) is 0 Å². The Labute approximate surface area is 115 Å². The molecule has 4 nitrogen and oxygen atoms in total. The van der Waals surface area contributed by atoms with Crippen LogP contribution in [-0.4, -0.2) is 17.3 Å². The standard InChI is InChI=1S/C16H11NO3/c18-16(19)12-6-5-11-3-1-4-13(14(11)9-12)15-10-20-8-2-7-17-15/h1-10H,(H,18,19). The summed E-state index contributed by atoms with van der Waals surface area (Å²) in [6.07, 6.45) is 6.41. The van der Waals surface area contributed by atoms with Crippen LogP contribution in [0.15, 0.2) is 60.0 Å². The lowest BCUT2D eigenvalue weighted by molar-refractivity contribution is 0.0697. The average Bonchev–Trinajstić information content (AvgIpc) is 2.75. The molecule has 1 heterocycles. The van der Waals surface area contributed by atoms with Gasteiger partial charge in [0, 0.05) is 11.8 Å². The molecular formula is C16H11NO3. The van der Waals surface area contributed by atoms with Crippen molar-refractivity contribution >= 4 is 28.7 Å². The van der Waals surface area contributed by atoms with Crippen LogP contribution in [0.3, 0.4) is 0 Å². The number of hydrogen-bond acceptors (Lipinski definition) is 3. The van der Waals surface area contributed by atoms with Crippen molar-refractivity contribution in [2.45, 2.75) is 0 Å². The van der Waals surface area contributed by atoms with E-state index in [0.29, 0.717) is 5.70 Å². The van der Waals surface area contributed by atoms with Crippen molar-refractivity contribution in [3.05, 3.63) is 66.1 Å². The molecule has 20 heavy (non-hydrogen) atoms. The third kappa shape index (κ3) is 2.19. The minimum absolute atomic E-state index is 0.252. The molecule has 98 valence electrons. The molecule has 1 aliphatic rings. The number of nitrogens with zero attached hydrogens (tertiary/aromatic N) is 1. The largest absolute Gasteiger partial charge is 0.478 e. The molecule has 0 spiro atoms. The summed E-state index contributed by atoms with van der Waals surface area (Å²) in [7, 11) is 0. The van der Waals surface area contributed by atoms with Gasteiger partial charge in [0.25, 0.3) is 0 Å². The molecule has 1 aliphatic heterocycles. The second kappa shape index (κ2) is 5.01. The Morgan fingerprint density at radius 2 is 2.10 bits per heavy atom. The molecule has 1 N–H and O–H groups in total. The maximum atomic E-state index is 11.1. The first-order valence-electron chi connectivity index (χ1n) is 6.07. The normalized spacial score (nSPS) is 13.7. The van der Waals surface area contributed by atoms with Gasteiger partial charge in [-0.15, -0.1) is 0 Å². The van der Waals surface area contributed by atoms with E-state index < -0.39 is 5.97 Å². The summed E-state index contributed by atoms with van der Waals surface area (Å²) in [5.41, 5.74) is 1.75. The number of aliphatic imine (C=N–C) groups is 1. The summed E-state index contributed by atoms with van der Waals surface area (Å²) in [6.45, 7) is 0. The molecule has 3 rings (SSSR count). The van der Waals surface area contributed by atoms with Crippen molar-refractivity contribution in [1.29, 1.82) is 0 Å². The highest BCUT2D eigenvalue weighted by Crippen LogP contribution is 2.27. The van der Waals surface area contributed by atoms with E-state index in [-0.39, 0.29) is 5.56 Å². The fraction of sp³-hybridized carbons (Fsp3) is 0. The maximum Gasteiger partial charge on any atom is 0.335 e. The Hall–Kier alpha value is -2.88. The van der Waals surface area contributed by atoms with Gasteiger partial charge in [0.2, 0.25) is 0 Å². The molecule has 0 atom stereocenters. The van der Waals surface area contributed by atoms with Crippen LogP contribution >= 0.6 is 0 Å². The molecule has 0 radical (unpaired) electrons. The zero-order chi connectivity index (χ0) is 13.9. The van der Waals surface area contributed by atoms with Crippen LogP contribution in [0.5, 0.6) is 0 Å². The van der Waals surface area contributed by atoms with Gasteiger partial charge in [0.1, 0.15) is 12.0 Å². The van der Waals surface area contributed by atoms with Gasteiger partial charge in [-0.05, 0) is 29.0 Å². The third-order valence-electron chi connectivity index (χ3n) is 3.04. The molecule has 0 aliphatic carbocycles. The number of carboxylic acid groups (broad SMARTS) is 1. The Morgan fingerprint density at radius 1 is 1.20 bits per heavy atom. The Bertz CT molecular complexity index is 772. The highest BCUT2D eigenvalue weighted by molar-refractivity contribution is 6.00. The van der Waals surface area contributed by atoms with Gasteiger partial charge in [-0.1, -0.05) is 24.3 Å². The number of carbonyl (C=O) groups is 1. The molecule has 0 saturated heterocycles. The highest BCUT2D eigenvalue weighted by Gasteiger charge is 2.10. The van der Waals surface area contributed by atoms with Crippen molar-refractivity contribution in [3.63, 3.8) is 0 Å². The highest BCUT2D eigenvalue weighted by atomic mass is 16.5. The minimum atomic E-state index is -0.946. The van der Waals surface area contributed by atoms with Crippen LogP contribution in [0.1, 0.15) is 15.9 Å². The van der Waals surface area contributed by atoms with E-state index >= 15 is 0 Å². The number of fused-ring (bicyclic) bond motifs is 1. The van der Waals surface area contributed by atoms with E-state index in [1.165, 1.54) is 6.26 Å². The van der Waals surface area contributed by atoms with E-state index in [2.05, 4.69) is 4.99 Å². The lowest BCUT2D eigenvalue weighted by atomic mass is 10.0. The van der Waals surface area contributed by atoms with Gasteiger partial charge in [0.15, 0.2) is 0 Å². The molecule has 0 saturated carbocycles. The Balaban J connectivity index is 2.22. The van der Waals surface area contributed by atoms with Crippen molar-refractivity contribution in [2.75, 3.05) is 0 Å². The lowest BCUT2D eigenvalue weighted by Crippen LogP contribution is -1.96. The average molecular weight is 265 g/mol. The first-order chi connectivity index (χ1) is 9.75. The number of rotatable bonds is 2. The maximum absolute atomic E-state index is 11.1. The quantitative estimate of drug-likeness (QED) is 0.904. The first kappa shape index (κ1) is 12.2. The second-order valence-corrected chi connectivity index (χ2v) is 4.29. The molecule has 4 heteroatoms. The zero-order valence-electron chi connectivity index (χ0n) is 10.5. The summed E-state index contributed by atoms with van der Waals surface area (Å²) in [5.74, 6) is -0.946. The molecule has 0 bridgehead atoms. The van der Waals surface area contributed by atoms with Crippen LogP contribution in [0.25, 0.3) is 16.5 Å². The van der Waals surface area contributed by atoms with Gasteiger partial charge >= 0.3 is 5.97 Å². The number of aromatic carboxylic acids is 1. The minimum Gasteiger partial charge on any atom is -0.478 e. The fourth-order valence-corrected chi connectivity index (χ4v) is 2.10. The molecule has 0 aromatic heterocycles. The van der Waals surface area contributed by atoms with E-state index in [9.17, 15) is 4.79 Å².